The van der Waals surface area contributed by atoms with Gasteiger partial charge in [-0.05, 0) is 123 Å². The highest BCUT2D eigenvalue weighted by Crippen LogP contribution is 2.67. The molecule has 47 heavy (non-hydrogen) atoms. The molecule has 0 saturated heterocycles. The van der Waals surface area contributed by atoms with E-state index in [1.54, 1.807) is 5.57 Å². The SMILES string of the molecule is CCCCCCCC/C=C/CCCCCCCC(=O)O[C@@H]1CC[C@@]2(C)C(=CC[C@H]3[C@@H]4CC[C@H]([C@@H](C)CCCC(C)C)[C@@]4(C)CC[C@@H]32)C1. The van der Waals surface area contributed by atoms with E-state index in [1.807, 2.05) is 0 Å². The van der Waals surface area contributed by atoms with Gasteiger partial charge in [0, 0.05) is 12.8 Å². The van der Waals surface area contributed by atoms with E-state index in [0.717, 1.165) is 61.2 Å². The molecule has 4 rings (SSSR count). The molecule has 0 radical (unpaired) electrons. The number of rotatable bonds is 21. The summed E-state index contributed by atoms with van der Waals surface area (Å²) < 4.78 is 6.12. The maximum atomic E-state index is 12.8. The first-order valence-corrected chi connectivity index (χ1v) is 21.2. The minimum Gasteiger partial charge on any atom is -0.462 e. The van der Waals surface area contributed by atoms with Crippen LogP contribution in [-0.2, 0) is 9.53 Å². The number of ether oxygens (including phenoxy) is 1. The summed E-state index contributed by atoms with van der Waals surface area (Å²) >= 11 is 0. The van der Waals surface area contributed by atoms with Crippen molar-refractivity contribution in [3.63, 3.8) is 0 Å². The number of allylic oxidation sites excluding steroid dienone is 3. The molecular weight excluding hydrogens is 572 g/mol. The van der Waals surface area contributed by atoms with Crippen LogP contribution < -0.4 is 0 Å². The largest absolute Gasteiger partial charge is 0.462 e. The van der Waals surface area contributed by atoms with Gasteiger partial charge in [-0.3, -0.25) is 4.79 Å². The summed E-state index contributed by atoms with van der Waals surface area (Å²) in [4.78, 5) is 12.8. The van der Waals surface area contributed by atoms with Crippen molar-refractivity contribution in [2.24, 2.45) is 46.3 Å². The number of carbonyl (C=O) groups is 1. The molecular formula is C45H78O2. The molecule has 0 amide bonds. The highest BCUT2D eigenvalue weighted by atomic mass is 16.5. The average molecular weight is 651 g/mol. The van der Waals surface area contributed by atoms with Crippen LogP contribution in [0.1, 0.15) is 202 Å². The van der Waals surface area contributed by atoms with E-state index in [0.29, 0.717) is 17.3 Å². The first-order chi connectivity index (χ1) is 22.7. The van der Waals surface area contributed by atoms with Crippen LogP contribution >= 0.6 is 0 Å². The third-order valence-corrected chi connectivity index (χ3v) is 14.2. The maximum absolute atomic E-state index is 12.8. The van der Waals surface area contributed by atoms with Gasteiger partial charge in [-0.15, -0.1) is 0 Å². The number of unbranched alkanes of at least 4 members (excludes halogenated alkanes) is 11. The quantitative estimate of drug-likeness (QED) is 0.0702. The molecule has 0 bridgehead atoms. The Morgan fingerprint density at radius 1 is 0.809 bits per heavy atom. The fourth-order valence-electron chi connectivity index (χ4n) is 11.3. The smallest absolute Gasteiger partial charge is 0.306 e. The minimum atomic E-state index is 0.0541. The Morgan fingerprint density at radius 2 is 1.49 bits per heavy atom. The summed E-state index contributed by atoms with van der Waals surface area (Å²) in [6.07, 6.45) is 39.5. The zero-order valence-electron chi connectivity index (χ0n) is 32.3. The third kappa shape index (κ3) is 10.7. The fourth-order valence-corrected chi connectivity index (χ4v) is 11.3. The van der Waals surface area contributed by atoms with Gasteiger partial charge in [-0.25, -0.2) is 0 Å². The standard InChI is InChI=1S/C45H78O2/c1-7-8-9-10-11-12-13-14-15-16-17-18-19-20-21-25-43(46)47-38-30-32-44(5)37(34-38)26-27-39-41-29-28-40(36(4)24-22-23-35(2)3)45(41,6)33-31-42(39)44/h14-15,26,35-36,38-42H,7-13,16-25,27-34H2,1-6H3/b15-14+/t36-,38+,39-,40+,41-,42-,44-,45+/m0/s1. The molecule has 3 fully saturated rings. The Kier molecular flexibility index (Phi) is 16.0. The lowest BCUT2D eigenvalue weighted by atomic mass is 9.47. The Morgan fingerprint density at radius 3 is 2.19 bits per heavy atom. The Bertz CT molecular complexity index is 976. The molecule has 0 aromatic heterocycles. The second-order valence-corrected chi connectivity index (χ2v) is 18.0. The predicted molar refractivity (Wildman–Crippen MR) is 202 cm³/mol. The van der Waals surface area contributed by atoms with Gasteiger partial charge < -0.3 is 4.74 Å². The molecule has 2 nitrogen and oxygen atoms in total. The normalized spacial score (nSPS) is 32.6. The molecule has 4 aliphatic rings. The Balaban J connectivity index is 1.12. The van der Waals surface area contributed by atoms with Crippen molar-refractivity contribution >= 4 is 5.97 Å². The van der Waals surface area contributed by atoms with Gasteiger partial charge in [0.1, 0.15) is 6.10 Å². The van der Waals surface area contributed by atoms with E-state index in [2.05, 4.69) is 59.8 Å². The fraction of sp³-hybridized carbons (Fsp3) is 0.889. The van der Waals surface area contributed by atoms with Gasteiger partial charge in [-0.2, -0.15) is 0 Å². The Labute approximate surface area is 293 Å². The first-order valence-electron chi connectivity index (χ1n) is 21.2. The van der Waals surface area contributed by atoms with Gasteiger partial charge in [0.2, 0.25) is 0 Å². The van der Waals surface area contributed by atoms with Crippen molar-refractivity contribution in [2.45, 2.75) is 208 Å². The number of hydrogen-bond donors (Lipinski definition) is 0. The molecule has 0 spiro atoms. The number of hydrogen-bond acceptors (Lipinski definition) is 2. The first kappa shape index (κ1) is 38.7. The zero-order chi connectivity index (χ0) is 33.7. The van der Waals surface area contributed by atoms with Crippen LogP contribution in [0.15, 0.2) is 23.8 Å². The molecule has 0 unspecified atom stereocenters. The molecule has 0 aromatic carbocycles. The summed E-state index contributed by atoms with van der Waals surface area (Å²) in [5.41, 5.74) is 2.53. The summed E-state index contributed by atoms with van der Waals surface area (Å²) in [5, 5.41) is 0. The predicted octanol–water partition coefficient (Wildman–Crippen LogP) is 14.0. The molecule has 2 heteroatoms. The lowest BCUT2D eigenvalue weighted by molar-refractivity contribution is -0.151. The van der Waals surface area contributed by atoms with Crippen LogP contribution in [0.2, 0.25) is 0 Å². The highest BCUT2D eigenvalue weighted by molar-refractivity contribution is 5.69. The van der Waals surface area contributed by atoms with Crippen molar-refractivity contribution in [1.82, 2.24) is 0 Å². The average Bonchev–Trinajstić information content (AvgIpc) is 3.40. The molecule has 0 N–H and O–H groups in total. The van der Waals surface area contributed by atoms with E-state index < -0.39 is 0 Å². The van der Waals surface area contributed by atoms with Crippen molar-refractivity contribution in [2.75, 3.05) is 0 Å². The summed E-state index contributed by atoms with van der Waals surface area (Å²) in [6.45, 7) is 14.9. The van der Waals surface area contributed by atoms with Crippen molar-refractivity contribution in [3.8, 4) is 0 Å². The second kappa shape index (κ2) is 19.4. The Hall–Kier alpha value is -1.05. The lowest BCUT2D eigenvalue weighted by Gasteiger charge is -2.58. The van der Waals surface area contributed by atoms with Crippen molar-refractivity contribution in [3.05, 3.63) is 23.8 Å². The van der Waals surface area contributed by atoms with E-state index in [1.165, 1.54) is 128 Å². The van der Waals surface area contributed by atoms with Gasteiger partial charge in [-0.1, -0.05) is 136 Å². The van der Waals surface area contributed by atoms with Crippen LogP contribution in [0.5, 0.6) is 0 Å². The lowest BCUT2D eigenvalue weighted by Crippen LogP contribution is -2.51. The molecule has 0 aliphatic heterocycles. The number of fused-ring (bicyclic) bond motifs is 5. The van der Waals surface area contributed by atoms with E-state index in [9.17, 15) is 4.79 Å². The van der Waals surface area contributed by atoms with Gasteiger partial charge in [0.05, 0.1) is 0 Å². The molecule has 3 saturated carbocycles. The second-order valence-electron chi connectivity index (χ2n) is 18.0. The van der Waals surface area contributed by atoms with Gasteiger partial charge in [0.15, 0.2) is 0 Å². The monoisotopic (exact) mass is 651 g/mol. The number of esters is 1. The van der Waals surface area contributed by atoms with Crippen LogP contribution in [0, 0.1) is 46.3 Å². The van der Waals surface area contributed by atoms with Crippen LogP contribution in [0.3, 0.4) is 0 Å². The van der Waals surface area contributed by atoms with E-state index in [-0.39, 0.29) is 12.1 Å². The molecule has 0 aromatic rings. The summed E-state index contributed by atoms with van der Waals surface area (Å²) in [5.74, 6) is 5.31. The highest BCUT2D eigenvalue weighted by Gasteiger charge is 2.59. The van der Waals surface area contributed by atoms with E-state index >= 15 is 0 Å². The maximum Gasteiger partial charge on any atom is 0.306 e. The van der Waals surface area contributed by atoms with Crippen molar-refractivity contribution in [1.29, 1.82) is 0 Å². The van der Waals surface area contributed by atoms with Gasteiger partial charge in [0.25, 0.3) is 0 Å². The topological polar surface area (TPSA) is 26.3 Å². The van der Waals surface area contributed by atoms with Gasteiger partial charge >= 0.3 is 5.97 Å². The van der Waals surface area contributed by atoms with Crippen LogP contribution in [-0.4, -0.2) is 12.1 Å². The van der Waals surface area contributed by atoms with Crippen LogP contribution in [0.25, 0.3) is 0 Å². The number of carbonyl (C=O) groups excluding carboxylic acids is 1. The zero-order valence-corrected chi connectivity index (χ0v) is 32.3. The van der Waals surface area contributed by atoms with Crippen molar-refractivity contribution < 1.29 is 9.53 Å². The molecule has 4 aliphatic carbocycles. The third-order valence-electron chi connectivity index (χ3n) is 14.2. The molecule has 270 valence electrons. The summed E-state index contributed by atoms with van der Waals surface area (Å²) in [6, 6.07) is 0. The van der Waals surface area contributed by atoms with E-state index in [4.69, 9.17) is 4.74 Å². The minimum absolute atomic E-state index is 0.0541. The summed E-state index contributed by atoms with van der Waals surface area (Å²) in [7, 11) is 0. The molecule has 0 heterocycles. The van der Waals surface area contributed by atoms with Crippen LogP contribution in [0.4, 0.5) is 0 Å². The molecule has 8 atom stereocenters.